The van der Waals surface area contributed by atoms with Crippen molar-refractivity contribution in [1.29, 1.82) is 0 Å². The molecule has 0 aliphatic heterocycles. The van der Waals surface area contributed by atoms with Crippen molar-refractivity contribution in [2.45, 2.75) is 70.5 Å². The van der Waals surface area contributed by atoms with Gasteiger partial charge in [0, 0.05) is 5.41 Å². The van der Waals surface area contributed by atoms with Crippen molar-refractivity contribution >= 4 is 22.1 Å². The van der Waals surface area contributed by atoms with E-state index in [-0.39, 0.29) is 50.2 Å². The summed E-state index contributed by atoms with van der Waals surface area (Å²) in [7, 11) is -5.12. The summed E-state index contributed by atoms with van der Waals surface area (Å²) in [4.78, 5) is 22.9. The fraction of sp³-hybridized carbons (Fsp3) is 0.857. The number of unbranched alkanes of at least 4 members (excludes halogenated alkanes) is 2. The molecule has 1 atom stereocenters. The largest absolute Gasteiger partial charge is 1.00 e. The van der Waals surface area contributed by atoms with Crippen LogP contribution in [-0.2, 0) is 19.7 Å². The maximum Gasteiger partial charge on any atom is 1.00 e. The van der Waals surface area contributed by atoms with Crippen LogP contribution in [0, 0.1) is 5.41 Å². The fourth-order valence-corrected chi connectivity index (χ4v) is 4.73. The van der Waals surface area contributed by atoms with Gasteiger partial charge in [-0.2, -0.15) is 8.42 Å². The molecule has 3 N–H and O–H groups in total. The molecule has 1 unspecified atom stereocenters. The van der Waals surface area contributed by atoms with Crippen LogP contribution in [0.4, 0.5) is 0 Å². The topological polar surface area (TPSA) is 129 Å². The molecule has 9 heteroatoms. The van der Waals surface area contributed by atoms with Gasteiger partial charge in [0.2, 0.25) is 4.75 Å². The molecule has 7 nitrogen and oxygen atoms in total. The van der Waals surface area contributed by atoms with Crippen molar-refractivity contribution in [3.05, 3.63) is 0 Å². The maximum atomic E-state index is 11.9. The molecule has 0 saturated heterocycles. The van der Waals surface area contributed by atoms with E-state index in [1.54, 1.807) is 13.8 Å². The molecular weight excluding hydrogens is 335 g/mol. The number of carboxylic acids is 2. The zero-order chi connectivity index (χ0) is 17.6. The number of carbonyl (C=O) groups is 2. The van der Waals surface area contributed by atoms with Gasteiger partial charge in [-0.05, 0) is 19.3 Å². The third-order valence-corrected chi connectivity index (χ3v) is 6.29. The molecule has 0 aliphatic carbocycles. The molecule has 0 amide bonds. The number of rotatable bonds is 11. The van der Waals surface area contributed by atoms with Gasteiger partial charge >= 0.3 is 41.5 Å². The number of carboxylic acid groups (broad SMARTS) is 2. The van der Waals surface area contributed by atoms with E-state index < -0.39 is 38.6 Å². The Bertz CT molecular complexity index is 505. The zero-order valence-corrected chi connectivity index (χ0v) is 17.1. The molecule has 0 rings (SSSR count). The van der Waals surface area contributed by atoms with Gasteiger partial charge in [0.1, 0.15) is 0 Å². The third kappa shape index (κ3) is 5.16. The van der Waals surface area contributed by atoms with Crippen LogP contribution in [0.3, 0.4) is 0 Å². The molecule has 0 heterocycles. The summed E-state index contributed by atoms with van der Waals surface area (Å²) < 4.78 is 30.8. The fourth-order valence-electron chi connectivity index (χ4n) is 3.27. The van der Waals surface area contributed by atoms with Crippen molar-refractivity contribution in [2.24, 2.45) is 5.41 Å². The van der Waals surface area contributed by atoms with Gasteiger partial charge in [0.05, 0.1) is 6.42 Å². The molecule has 132 valence electrons. The molecule has 0 aromatic rings. The Morgan fingerprint density at radius 3 is 1.78 bits per heavy atom. The second-order valence-corrected chi connectivity index (χ2v) is 7.27. The summed E-state index contributed by atoms with van der Waals surface area (Å²) in [6, 6.07) is 0. The van der Waals surface area contributed by atoms with Crippen molar-refractivity contribution in [3.8, 4) is 0 Å². The first-order valence-electron chi connectivity index (χ1n) is 7.46. The minimum atomic E-state index is -5.12. The molecule has 0 fully saturated rings. The van der Waals surface area contributed by atoms with Gasteiger partial charge < -0.3 is 11.6 Å². The Hall–Kier alpha value is -0.150. The minimum Gasteiger partial charge on any atom is -1.00 e. The SMILES string of the molecule is CCCCCC(CC)(CC)C(CC(=O)O)(C(=O)O)S(=O)(=O)O.[H-].[Na+]. The molecular formula is C14H27NaO7S. The van der Waals surface area contributed by atoms with Crippen molar-refractivity contribution in [2.75, 3.05) is 0 Å². The van der Waals surface area contributed by atoms with Crippen LogP contribution >= 0.6 is 0 Å². The van der Waals surface area contributed by atoms with Crippen LogP contribution < -0.4 is 29.6 Å². The Balaban J connectivity index is -0.00000220. The molecule has 0 radical (unpaired) electrons. The number of hydrogen-bond acceptors (Lipinski definition) is 4. The summed E-state index contributed by atoms with van der Waals surface area (Å²) in [5.74, 6) is -3.38. The first-order chi connectivity index (χ1) is 10.0. The van der Waals surface area contributed by atoms with Crippen LogP contribution in [0.5, 0.6) is 0 Å². The standard InChI is InChI=1S/C14H26O7S.Na.H/c1-4-7-8-9-13(5-2,6-3)14(12(17)18,10-11(15)16)22(19,20)21;;/h4-10H2,1-3H3,(H,15,16)(H,17,18)(H,19,20,21);;/q;+1;-1. The average molecular weight is 362 g/mol. The van der Waals surface area contributed by atoms with Crippen LogP contribution in [0.2, 0.25) is 0 Å². The number of hydrogen-bond donors (Lipinski definition) is 3. The normalized spacial score (nSPS) is 14.6. The van der Waals surface area contributed by atoms with Gasteiger partial charge in [0.15, 0.2) is 0 Å². The monoisotopic (exact) mass is 362 g/mol. The van der Waals surface area contributed by atoms with E-state index in [4.69, 9.17) is 5.11 Å². The maximum absolute atomic E-state index is 11.9. The van der Waals surface area contributed by atoms with Crippen LogP contribution in [0.25, 0.3) is 0 Å². The molecule has 0 spiro atoms. The quantitative estimate of drug-likeness (QED) is 0.261. The van der Waals surface area contributed by atoms with Crippen LogP contribution in [-0.4, -0.2) is 39.9 Å². The van der Waals surface area contributed by atoms with E-state index in [9.17, 15) is 27.7 Å². The predicted octanol–water partition coefficient (Wildman–Crippen LogP) is -0.324. The second-order valence-electron chi connectivity index (χ2n) is 5.62. The minimum absolute atomic E-state index is 0. The van der Waals surface area contributed by atoms with Crippen LogP contribution in [0.1, 0.15) is 67.1 Å². The Morgan fingerprint density at radius 1 is 1.04 bits per heavy atom. The summed E-state index contributed by atoms with van der Waals surface area (Å²) in [5.41, 5.74) is -1.33. The summed E-state index contributed by atoms with van der Waals surface area (Å²) in [6.07, 6.45) is 1.56. The Labute approximate surface area is 161 Å². The van der Waals surface area contributed by atoms with Gasteiger partial charge in [-0.3, -0.25) is 14.1 Å². The van der Waals surface area contributed by atoms with E-state index in [0.717, 1.165) is 12.8 Å². The smallest absolute Gasteiger partial charge is 1.00 e. The molecule has 0 aromatic carbocycles. The van der Waals surface area contributed by atoms with Gasteiger partial charge in [0.25, 0.3) is 10.1 Å². The molecule has 23 heavy (non-hydrogen) atoms. The van der Waals surface area contributed by atoms with Crippen molar-refractivity contribution in [3.63, 3.8) is 0 Å². The van der Waals surface area contributed by atoms with E-state index >= 15 is 0 Å². The summed E-state index contributed by atoms with van der Waals surface area (Å²) >= 11 is 0. The Kier molecular flexibility index (Phi) is 10.9. The van der Waals surface area contributed by atoms with Crippen molar-refractivity contribution < 1.29 is 63.8 Å². The molecule has 0 aromatic heterocycles. The summed E-state index contributed by atoms with van der Waals surface area (Å²) in [6.45, 7) is 5.20. The average Bonchev–Trinajstić information content (AvgIpc) is 2.40. The van der Waals surface area contributed by atoms with E-state index in [1.165, 1.54) is 0 Å². The van der Waals surface area contributed by atoms with Gasteiger partial charge in [-0.1, -0.05) is 40.0 Å². The zero-order valence-electron chi connectivity index (χ0n) is 15.3. The number of aliphatic carboxylic acids is 2. The van der Waals surface area contributed by atoms with Crippen LogP contribution in [0.15, 0.2) is 0 Å². The summed E-state index contributed by atoms with van der Waals surface area (Å²) in [5, 5.41) is 18.6. The first kappa shape index (κ1) is 25.1. The third-order valence-electron chi connectivity index (χ3n) is 4.66. The van der Waals surface area contributed by atoms with Crippen molar-refractivity contribution in [1.82, 2.24) is 0 Å². The first-order valence-corrected chi connectivity index (χ1v) is 8.90. The molecule has 0 aliphatic rings. The predicted molar refractivity (Wildman–Crippen MR) is 82.4 cm³/mol. The molecule has 0 bridgehead atoms. The van der Waals surface area contributed by atoms with Gasteiger partial charge in [-0.15, -0.1) is 0 Å². The Morgan fingerprint density at radius 2 is 1.52 bits per heavy atom. The van der Waals surface area contributed by atoms with E-state index in [1.807, 2.05) is 6.92 Å². The molecule has 0 saturated carbocycles. The van der Waals surface area contributed by atoms with E-state index in [0.29, 0.717) is 6.42 Å². The van der Waals surface area contributed by atoms with Gasteiger partial charge in [-0.25, -0.2) is 0 Å². The van der Waals surface area contributed by atoms with E-state index in [2.05, 4.69) is 0 Å². The second kappa shape index (κ2) is 9.98.